The van der Waals surface area contributed by atoms with Gasteiger partial charge in [0.1, 0.15) is 5.82 Å². The van der Waals surface area contributed by atoms with E-state index in [1.54, 1.807) is 0 Å². The van der Waals surface area contributed by atoms with E-state index in [2.05, 4.69) is 5.32 Å². The fourth-order valence-corrected chi connectivity index (χ4v) is 5.48. The molecule has 0 bridgehead atoms. The van der Waals surface area contributed by atoms with Gasteiger partial charge in [0.2, 0.25) is 0 Å². The summed E-state index contributed by atoms with van der Waals surface area (Å²) in [5.41, 5.74) is -0.0623. The standard InChI is InChI=1S/C14H18FNO2S/c15-11-5-4-6-12-13(11)16-9-14(10-19(12,17)18)7-2-1-3-8-14/h4-6,16H,1-3,7-10H2. The Kier molecular flexibility index (Phi) is 3.04. The predicted molar refractivity (Wildman–Crippen MR) is 72.5 cm³/mol. The van der Waals surface area contributed by atoms with Crippen molar-refractivity contribution in [3.8, 4) is 0 Å². The first-order chi connectivity index (χ1) is 9.03. The fraction of sp³-hybridized carbons (Fsp3) is 0.571. The number of hydrogen-bond donors (Lipinski definition) is 1. The molecule has 1 spiro atoms. The van der Waals surface area contributed by atoms with Crippen LogP contribution in [0.2, 0.25) is 0 Å². The lowest BCUT2D eigenvalue weighted by Gasteiger charge is -2.35. The summed E-state index contributed by atoms with van der Waals surface area (Å²) in [5, 5.41) is 3.06. The van der Waals surface area contributed by atoms with Crippen molar-refractivity contribution >= 4 is 15.5 Å². The zero-order chi connectivity index (χ0) is 13.5. The lowest BCUT2D eigenvalue weighted by molar-refractivity contribution is 0.237. The highest BCUT2D eigenvalue weighted by Gasteiger charge is 2.40. The zero-order valence-electron chi connectivity index (χ0n) is 10.8. The van der Waals surface area contributed by atoms with Crippen molar-refractivity contribution in [3.05, 3.63) is 24.0 Å². The van der Waals surface area contributed by atoms with E-state index in [1.165, 1.54) is 24.6 Å². The summed E-state index contributed by atoms with van der Waals surface area (Å²) in [5.74, 6) is -0.336. The largest absolute Gasteiger partial charge is 0.381 e. The van der Waals surface area contributed by atoms with E-state index in [1.807, 2.05) is 0 Å². The third-order valence-electron chi connectivity index (χ3n) is 4.36. The number of halogens is 1. The molecule has 0 saturated heterocycles. The number of rotatable bonds is 0. The second-order valence-electron chi connectivity index (χ2n) is 5.79. The van der Waals surface area contributed by atoms with Crippen LogP contribution in [0.3, 0.4) is 0 Å². The Labute approximate surface area is 113 Å². The van der Waals surface area contributed by atoms with Crippen LogP contribution >= 0.6 is 0 Å². The van der Waals surface area contributed by atoms with Crippen molar-refractivity contribution in [1.82, 2.24) is 0 Å². The first kappa shape index (κ1) is 12.9. The van der Waals surface area contributed by atoms with Gasteiger partial charge < -0.3 is 5.32 Å². The summed E-state index contributed by atoms with van der Waals surface area (Å²) in [4.78, 5) is 0.120. The molecule has 1 aromatic carbocycles. The molecule has 104 valence electrons. The summed E-state index contributed by atoms with van der Waals surface area (Å²) in [6.45, 7) is 0.556. The topological polar surface area (TPSA) is 46.2 Å². The number of benzene rings is 1. The van der Waals surface area contributed by atoms with Crippen molar-refractivity contribution in [2.45, 2.75) is 37.0 Å². The first-order valence-electron chi connectivity index (χ1n) is 6.78. The maximum atomic E-state index is 13.8. The molecule has 1 N–H and O–H groups in total. The summed E-state index contributed by atoms with van der Waals surface area (Å²) in [6, 6.07) is 4.27. The summed E-state index contributed by atoms with van der Waals surface area (Å²) >= 11 is 0. The summed E-state index contributed by atoms with van der Waals surface area (Å²) < 4.78 is 38.8. The molecule has 1 aromatic rings. The maximum absolute atomic E-state index is 13.8. The van der Waals surface area contributed by atoms with Crippen molar-refractivity contribution in [1.29, 1.82) is 0 Å². The van der Waals surface area contributed by atoms with Crippen LogP contribution in [0.5, 0.6) is 0 Å². The number of sulfone groups is 1. The van der Waals surface area contributed by atoms with Crippen molar-refractivity contribution in [3.63, 3.8) is 0 Å². The van der Waals surface area contributed by atoms with Gasteiger partial charge in [0.15, 0.2) is 9.84 Å². The number of para-hydroxylation sites is 1. The van der Waals surface area contributed by atoms with Gasteiger partial charge in [-0.1, -0.05) is 25.3 Å². The molecule has 3 nitrogen and oxygen atoms in total. The van der Waals surface area contributed by atoms with E-state index < -0.39 is 15.7 Å². The highest BCUT2D eigenvalue weighted by Crippen LogP contribution is 2.42. The molecule has 0 amide bonds. The number of anilines is 1. The minimum absolute atomic E-state index is 0.120. The number of nitrogens with one attached hydrogen (secondary N) is 1. The molecule has 1 heterocycles. The van der Waals surface area contributed by atoms with E-state index >= 15 is 0 Å². The van der Waals surface area contributed by atoms with E-state index in [9.17, 15) is 12.8 Å². The molecule has 1 aliphatic heterocycles. The van der Waals surface area contributed by atoms with Gasteiger partial charge in [0, 0.05) is 12.0 Å². The first-order valence-corrected chi connectivity index (χ1v) is 8.43. The normalized spacial score (nSPS) is 24.3. The van der Waals surface area contributed by atoms with Crippen molar-refractivity contribution in [2.75, 3.05) is 17.6 Å². The monoisotopic (exact) mass is 283 g/mol. The molecule has 1 saturated carbocycles. The van der Waals surface area contributed by atoms with E-state index in [4.69, 9.17) is 0 Å². The molecule has 1 aliphatic carbocycles. The van der Waals surface area contributed by atoms with Gasteiger partial charge in [-0.3, -0.25) is 0 Å². The highest BCUT2D eigenvalue weighted by molar-refractivity contribution is 7.91. The lowest BCUT2D eigenvalue weighted by Crippen LogP contribution is -2.36. The molecule has 2 aliphatic rings. The van der Waals surface area contributed by atoms with Crippen LogP contribution in [0.15, 0.2) is 23.1 Å². The molecular formula is C14H18FNO2S. The highest BCUT2D eigenvalue weighted by atomic mass is 32.2. The van der Waals surface area contributed by atoms with Crippen molar-refractivity contribution < 1.29 is 12.8 Å². The Bertz CT molecular complexity index is 591. The second-order valence-corrected chi connectivity index (χ2v) is 7.74. The maximum Gasteiger partial charge on any atom is 0.181 e. The second kappa shape index (κ2) is 4.47. The van der Waals surface area contributed by atoms with E-state index in [-0.39, 0.29) is 21.8 Å². The van der Waals surface area contributed by atoms with Gasteiger partial charge in [-0.2, -0.15) is 0 Å². The lowest BCUT2D eigenvalue weighted by atomic mass is 9.75. The molecule has 0 aromatic heterocycles. The molecule has 19 heavy (non-hydrogen) atoms. The fourth-order valence-electron chi connectivity index (χ4n) is 3.37. The summed E-state index contributed by atoms with van der Waals surface area (Å²) in [6.07, 6.45) is 5.12. The minimum Gasteiger partial charge on any atom is -0.381 e. The molecule has 1 fully saturated rings. The SMILES string of the molecule is O=S1(=O)CC2(CCCCC2)CNc2c(F)cccc21. The average Bonchev–Trinajstić information content (AvgIpc) is 2.47. The van der Waals surface area contributed by atoms with Crippen LogP contribution in [0.25, 0.3) is 0 Å². The molecular weight excluding hydrogens is 265 g/mol. The molecule has 5 heteroatoms. The van der Waals surface area contributed by atoms with E-state index in [0.29, 0.717) is 6.54 Å². The van der Waals surface area contributed by atoms with Gasteiger partial charge in [0.25, 0.3) is 0 Å². The number of hydrogen-bond acceptors (Lipinski definition) is 3. The van der Waals surface area contributed by atoms with E-state index in [0.717, 1.165) is 25.7 Å². The van der Waals surface area contributed by atoms with Gasteiger partial charge in [0.05, 0.1) is 16.3 Å². The Morgan fingerprint density at radius 2 is 1.89 bits per heavy atom. The van der Waals surface area contributed by atoms with Gasteiger partial charge in [-0.25, -0.2) is 12.8 Å². The Morgan fingerprint density at radius 3 is 2.63 bits per heavy atom. The number of fused-ring (bicyclic) bond motifs is 1. The van der Waals surface area contributed by atoms with Crippen LogP contribution in [0.1, 0.15) is 32.1 Å². The molecule has 0 radical (unpaired) electrons. The van der Waals surface area contributed by atoms with Crippen LogP contribution < -0.4 is 5.32 Å². The zero-order valence-corrected chi connectivity index (χ0v) is 11.6. The smallest absolute Gasteiger partial charge is 0.181 e. The average molecular weight is 283 g/mol. The van der Waals surface area contributed by atoms with Crippen LogP contribution in [-0.2, 0) is 9.84 Å². The Hall–Kier alpha value is -1.10. The molecule has 0 unspecified atom stereocenters. The Balaban J connectivity index is 2.06. The van der Waals surface area contributed by atoms with Crippen LogP contribution in [0.4, 0.5) is 10.1 Å². The quantitative estimate of drug-likeness (QED) is 0.796. The van der Waals surface area contributed by atoms with Crippen LogP contribution in [-0.4, -0.2) is 20.7 Å². The Morgan fingerprint density at radius 1 is 1.16 bits per heavy atom. The predicted octanol–water partition coefficient (Wildman–Crippen LogP) is 2.98. The third kappa shape index (κ3) is 2.24. The van der Waals surface area contributed by atoms with Gasteiger partial charge in [-0.15, -0.1) is 0 Å². The summed E-state index contributed by atoms with van der Waals surface area (Å²) in [7, 11) is -3.41. The van der Waals surface area contributed by atoms with Crippen LogP contribution in [0, 0.1) is 11.2 Å². The third-order valence-corrected chi connectivity index (χ3v) is 6.36. The van der Waals surface area contributed by atoms with Gasteiger partial charge in [-0.05, 0) is 25.0 Å². The molecule has 0 atom stereocenters. The van der Waals surface area contributed by atoms with Crippen molar-refractivity contribution in [2.24, 2.45) is 5.41 Å². The molecule has 3 rings (SSSR count). The minimum atomic E-state index is -3.41. The van der Waals surface area contributed by atoms with Gasteiger partial charge >= 0.3 is 0 Å².